The summed E-state index contributed by atoms with van der Waals surface area (Å²) in [7, 11) is -3.00. The van der Waals surface area contributed by atoms with Crippen molar-refractivity contribution < 1.29 is 17.7 Å². The van der Waals surface area contributed by atoms with Crippen molar-refractivity contribution in [3.8, 4) is 0 Å². The van der Waals surface area contributed by atoms with Gasteiger partial charge in [-0.15, -0.1) is 0 Å². The van der Waals surface area contributed by atoms with Crippen LogP contribution in [0.2, 0.25) is 0 Å². The van der Waals surface area contributed by atoms with Crippen LogP contribution < -0.4 is 5.32 Å². The first-order chi connectivity index (χ1) is 10.4. The highest BCUT2D eigenvalue weighted by molar-refractivity contribution is 7.91. The van der Waals surface area contributed by atoms with Crippen LogP contribution in [0.15, 0.2) is 16.8 Å². The molecule has 0 saturated carbocycles. The summed E-state index contributed by atoms with van der Waals surface area (Å²) < 4.78 is 29.6. The molecule has 2 aromatic rings. The molecule has 3 rings (SSSR count). The molecule has 0 aromatic carbocycles. The lowest BCUT2D eigenvalue weighted by atomic mass is 10.2. The Labute approximate surface area is 127 Å². The summed E-state index contributed by atoms with van der Waals surface area (Å²) in [4.78, 5) is 12.2. The largest absolute Gasteiger partial charge is 0.360 e. The number of carbonyl (C=O) groups excluding carboxylic acids is 1. The van der Waals surface area contributed by atoms with Crippen molar-refractivity contribution in [2.24, 2.45) is 0 Å². The number of carbonyl (C=O) groups is 1. The predicted octanol–water partition coefficient (Wildman–Crippen LogP) is 1.10. The Morgan fingerprint density at radius 1 is 1.45 bits per heavy atom. The first kappa shape index (κ1) is 14.8. The van der Waals surface area contributed by atoms with E-state index in [0.29, 0.717) is 29.3 Å². The second-order valence-electron chi connectivity index (χ2n) is 5.42. The molecular formula is C13H16N4O4S. The Hall–Kier alpha value is -2.16. The lowest BCUT2D eigenvalue weighted by molar-refractivity contribution is 0.102. The van der Waals surface area contributed by atoms with Crippen LogP contribution in [0.3, 0.4) is 0 Å². The number of rotatable bonds is 3. The maximum Gasteiger partial charge on any atom is 0.260 e. The van der Waals surface area contributed by atoms with E-state index in [0.717, 1.165) is 0 Å². The van der Waals surface area contributed by atoms with Crippen molar-refractivity contribution in [3.63, 3.8) is 0 Å². The lowest BCUT2D eigenvalue weighted by Gasteiger charge is -2.11. The molecule has 1 aliphatic heterocycles. The zero-order chi connectivity index (χ0) is 15.9. The van der Waals surface area contributed by atoms with Crippen LogP contribution in [0.4, 0.5) is 5.82 Å². The van der Waals surface area contributed by atoms with Gasteiger partial charge in [0, 0.05) is 11.8 Å². The van der Waals surface area contributed by atoms with Gasteiger partial charge < -0.3 is 9.84 Å². The van der Waals surface area contributed by atoms with Crippen LogP contribution in [0.5, 0.6) is 0 Å². The molecule has 22 heavy (non-hydrogen) atoms. The van der Waals surface area contributed by atoms with Crippen LogP contribution in [-0.4, -0.2) is 40.8 Å². The maximum absolute atomic E-state index is 12.2. The molecule has 3 heterocycles. The minimum atomic E-state index is -3.00. The molecule has 0 bridgehead atoms. The predicted molar refractivity (Wildman–Crippen MR) is 78.5 cm³/mol. The zero-order valence-corrected chi connectivity index (χ0v) is 13.1. The highest BCUT2D eigenvalue weighted by Crippen LogP contribution is 2.25. The number of nitrogens with zero attached hydrogens (tertiary/aromatic N) is 3. The van der Waals surface area contributed by atoms with Crippen molar-refractivity contribution in [2.45, 2.75) is 26.3 Å². The van der Waals surface area contributed by atoms with Gasteiger partial charge in [0.15, 0.2) is 15.7 Å². The minimum Gasteiger partial charge on any atom is -0.360 e. The average molecular weight is 324 g/mol. The van der Waals surface area contributed by atoms with E-state index in [1.54, 1.807) is 24.6 Å². The third kappa shape index (κ3) is 2.76. The first-order valence-corrected chi connectivity index (χ1v) is 8.67. The first-order valence-electron chi connectivity index (χ1n) is 6.85. The lowest BCUT2D eigenvalue weighted by Crippen LogP contribution is -2.16. The summed E-state index contributed by atoms with van der Waals surface area (Å²) in [5.41, 5.74) is 1.03. The van der Waals surface area contributed by atoms with E-state index in [1.165, 1.54) is 6.20 Å². The Morgan fingerprint density at radius 3 is 2.82 bits per heavy atom. The van der Waals surface area contributed by atoms with Gasteiger partial charge in [0.2, 0.25) is 0 Å². The molecule has 0 aliphatic carbocycles. The van der Waals surface area contributed by atoms with Gasteiger partial charge in [-0.05, 0) is 20.3 Å². The number of sulfone groups is 1. The van der Waals surface area contributed by atoms with E-state index in [-0.39, 0.29) is 23.5 Å². The Bertz CT molecular complexity index is 821. The van der Waals surface area contributed by atoms with Crippen LogP contribution in [0.25, 0.3) is 0 Å². The number of aryl methyl sites for hydroxylation is 1. The van der Waals surface area contributed by atoms with Crippen LogP contribution in [0, 0.1) is 13.8 Å². The third-order valence-corrected chi connectivity index (χ3v) is 5.46. The van der Waals surface area contributed by atoms with E-state index in [2.05, 4.69) is 15.6 Å². The normalized spacial score (nSPS) is 20.2. The highest BCUT2D eigenvalue weighted by Gasteiger charge is 2.31. The quantitative estimate of drug-likeness (QED) is 0.906. The summed E-state index contributed by atoms with van der Waals surface area (Å²) >= 11 is 0. The molecule has 1 N–H and O–H groups in total. The Kier molecular flexibility index (Phi) is 3.51. The topological polar surface area (TPSA) is 107 Å². The van der Waals surface area contributed by atoms with Crippen molar-refractivity contribution in [3.05, 3.63) is 29.3 Å². The molecule has 9 heteroatoms. The van der Waals surface area contributed by atoms with Gasteiger partial charge in [-0.25, -0.2) is 8.42 Å². The molecule has 1 amide bonds. The van der Waals surface area contributed by atoms with Crippen molar-refractivity contribution in [1.82, 2.24) is 14.9 Å². The standard InChI is InChI=1S/C13H16N4O4S/c1-8-5-12(16-21-8)15-13(18)11-6-14-17(9(11)2)10-3-4-22(19,20)7-10/h5-6,10H,3-4,7H2,1-2H3,(H,15,16,18). The molecule has 8 nitrogen and oxygen atoms in total. The summed E-state index contributed by atoms with van der Waals surface area (Å²) in [6.07, 6.45) is 1.97. The van der Waals surface area contributed by atoms with Crippen molar-refractivity contribution in [2.75, 3.05) is 16.8 Å². The van der Waals surface area contributed by atoms with Crippen LogP contribution in [0.1, 0.15) is 34.3 Å². The average Bonchev–Trinajstić information content (AvgIpc) is 3.09. The van der Waals surface area contributed by atoms with Gasteiger partial charge in [-0.1, -0.05) is 5.16 Å². The van der Waals surface area contributed by atoms with Gasteiger partial charge in [0.05, 0.1) is 29.3 Å². The molecule has 1 atom stereocenters. The Morgan fingerprint density at radius 2 is 2.23 bits per heavy atom. The van der Waals surface area contributed by atoms with E-state index in [4.69, 9.17) is 4.52 Å². The van der Waals surface area contributed by atoms with Gasteiger partial charge >= 0.3 is 0 Å². The maximum atomic E-state index is 12.2. The van der Waals surface area contributed by atoms with E-state index in [9.17, 15) is 13.2 Å². The number of nitrogens with one attached hydrogen (secondary N) is 1. The molecule has 0 spiro atoms. The van der Waals surface area contributed by atoms with E-state index < -0.39 is 9.84 Å². The Balaban J connectivity index is 1.80. The summed E-state index contributed by atoms with van der Waals surface area (Å²) in [5, 5.41) is 10.5. The van der Waals surface area contributed by atoms with Crippen molar-refractivity contribution >= 4 is 21.6 Å². The summed E-state index contributed by atoms with van der Waals surface area (Å²) in [6.45, 7) is 3.48. The molecule has 1 saturated heterocycles. The molecule has 1 unspecified atom stereocenters. The SMILES string of the molecule is Cc1cc(NC(=O)c2cnn(C3CCS(=O)(=O)C3)c2C)no1. The third-order valence-electron chi connectivity index (χ3n) is 3.71. The second-order valence-corrected chi connectivity index (χ2v) is 7.65. The molecule has 0 radical (unpaired) electrons. The number of hydrogen-bond acceptors (Lipinski definition) is 6. The van der Waals surface area contributed by atoms with Crippen LogP contribution >= 0.6 is 0 Å². The number of anilines is 1. The summed E-state index contributed by atoms with van der Waals surface area (Å²) in [5.74, 6) is 0.811. The smallest absolute Gasteiger partial charge is 0.260 e. The zero-order valence-electron chi connectivity index (χ0n) is 12.2. The second kappa shape index (κ2) is 5.24. The highest BCUT2D eigenvalue weighted by atomic mass is 32.2. The summed E-state index contributed by atoms with van der Waals surface area (Å²) in [6, 6.07) is 1.40. The molecule has 2 aromatic heterocycles. The van der Waals surface area contributed by atoms with Gasteiger partial charge in [0.25, 0.3) is 5.91 Å². The van der Waals surface area contributed by atoms with Gasteiger partial charge in [0.1, 0.15) is 5.76 Å². The molecular weight excluding hydrogens is 308 g/mol. The van der Waals surface area contributed by atoms with Gasteiger partial charge in [-0.3, -0.25) is 9.48 Å². The number of aromatic nitrogens is 3. The fourth-order valence-corrected chi connectivity index (χ4v) is 4.28. The van der Waals surface area contributed by atoms with Crippen molar-refractivity contribution in [1.29, 1.82) is 0 Å². The molecule has 1 aliphatic rings. The molecule has 118 valence electrons. The fraction of sp³-hybridized carbons (Fsp3) is 0.462. The van der Waals surface area contributed by atoms with Gasteiger partial charge in [-0.2, -0.15) is 5.10 Å². The number of amides is 1. The van der Waals surface area contributed by atoms with E-state index in [1.807, 2.05) is 0 Å². The molecule has 1 fully saturated rings. The van der Waals surface area contributed by atoms with Crippen LogP contribution in [-0.2, 0) is 9.84 Å². The fourth-order valence-electron chi connectivity index (χ4n) is 2.59. The number of hydrogen-bond donors (Lipinski definition) is 1. The monoisotopic (exact) mass is 324 g/mol. The minimum absolute atomic E-state index is 0.0685. The van der Waals surface area contributed by atoms with E-state index >= 15 is 0 Å².